The van der Waals surface area contributed by atoms with Crippen molar-refractivity contribution in [2.75, 3.05) is 5.32 Å². The van der Waals surface area contributed by atoms with Gasteiger partial charge in [0, 0.05) is 23.0 Å². The minimum Gasteiger partial charge on any atom is -0.355 e. The molecule has 0 bridgehead atoms. The minimum absolute atomic E-state index is 0.0985. The Morgan fingerprint density at radius 2 is 1.74 bits per heavy atom. The highest BCUT2D eigenvalue weighted by Gasteiger charge is 2.33. The van der Waals surface area contributed by atoms with Gasteiger partial charge in [-0.25, -0.2) is 0 Å². The molecule has 1 N–H and O–H groups in total. The molecular weight excluding hydrogens is 303 g/mol. The molecule has 0 spiro atoms. The van der Waals surface area contributed by atoms with E-state index in [0.29, 0.717) is 22.3 Å². The Labute approximate surface area is 130 Å². The molecule has 2 aromatic carbocycles. The summed E-state index contributed by atoms with van der Waals surface area (Å²) in [5.41, 5.74) is 0.839. The molecule has 3 nitrogen and oxygen atoms in total. The van der Waals surface area contributed by atoms with Gasteiger partial charge in [0.2, 0.25) is 0 Å². The monoisotopic (exact) mass is 313 g/mol. The second-order valence-electron chi connectivity index (χ2n) is 4.87. The molecule has 0 amide bonds. The molecule has 6 heteroatoms. The number of hydrogen-bond donors (Lipinski definition) is 1. The van der Waals surface area contributed by atoms with Crippen LogP contribution in [0.5, 0.6) is 0 Å². The van der Waals surface area contributed by atoms with Gasteiger partial charge >= 0.3 is 6.18 Å². The van der Waals surface area contributed by atoms with Gasteiger partial charge in [-0.1, -0.05) is 12.1 Å². The van der Waals surface area contributed by atoms with Gasteiger partial charge in [0.25, 0.3) is 0 Å². The van der Waals surface area contributed by atoms with Crippen molar-refractivity contribution in [3.8, 4) is 6.07 Å². The smallest absolute Gasteiger partial charge is 0.355 e. The molecular formula is C17H10F3N3. The van der Waals surface area contributed by atoms with Crippen LogP contribution in [0.1, 0.15) is 11.1 Å². The summed E-state index contributed by atoms with van der Waals surface area (Å²) in [6, 6.07) is 14.2. The largest absolute Gasteiger partial charge is 0.418 e. The fourth-order valence-electron chi connectivity index (χ4n) is 2.30. The van der Waals surface area contributed by atoms with E-state index in [1.54, 1.807) is 36.4 Å². The first kappa shape index (κ1) is 14.9. The van der Waals surface area contributed by atoms with Crippen molar-refractivity contribution in [1.82, 2.24) is 4.98 Å². The lowest BCUT2D eigenvalue weighted by molar-refractivity contribution is -0.136. The molecule has 3 rings (SSSR count). The molecule has 1 aromatic heterocycles. The second-order valence-corrected chi connectivity index (χ2v) is 4.87. The predicted octanol–water partition coefficient (Wildman–Crippen LogP) is 4.87. The van der Waals surface area contributed by atoms with Crippen molar-refractivity contribution in [1.29, 1.82) is 5.26 Å². The summed E-state index contributed by atoms with van der Waals surface area (Å²) in [7, 11) is 0. The van der Waals surface area contributed by atoms with Crippen molar-refractivity contribution in [2.45, 2.75) is 6.18 Å². The predicted molar refractivity (Wildman–Crippen MR) is 81.2 cm³/mol. The third kappa shape index (κ3) is 2.94. The normalized spacial score (nSPS) is 11.2. The lowest BCUT2D eigenvalue weighted by Gasteiger charge is -2.13. The molecule has 0 saturated carbocycles. The Kier molecular flexibility index (Phi) is 3.62. The van der Waals surface area contributed by atoms with E-state index in [1.165, 1.54) is 12.3 Å². The average molecular weight is 313 g/mol. The van der Waals surface area contributed by atoms with Crippen LogP contribution >= 0.6 is 0 Å². The number of anilines is 2. The molecule has 0 aliphatic carbocycles. The van der Waals surface area contributed by atoms with Crippen molar-refractivity contribution in [3.05, 3.63) is 65.9 Å². The number of hydrogen-bond acceptors (Lipinski definition) is 3. The first-order chi connectivity index (χ1) is 11.0. The molecule has 114 valence electrons. The zero-order valence-electron chi connectivity index (χ0n) is 11.7. The minimum atomic E-state index is -4.46. The number of benzene rings is 2. The molecule has 3 aromatic rings. The van der Waals surface area contributed by atoms with Crippen LogP contribution in [0.15, 0.2) is 54.7 Å². The number of halogens is 3. The summed E-state index contributed by atoms with van der Waals surface area (Å²) < 4.78 is 39.2. The summed E-state index contributed by atoms with van der Waals surface area (Å²) in [5, 5.41) is 12.2. The zero-order chi connectivity index (χ0) is 16.4. The Bertz CT molecular complexity index is 894. The first-order valence-corrected chi connectivity index (χ1v) is 6.71. The maximum Gasteiger partial charge on any atom is 0.418 e. The highest BCUT2D eigenvalue weighted by atomic mass is 19.4. The van der Waals surface area contributed by atoms with Crippen molar-refractivity contribution in [3.63, 3.8) is 0 Å². The van der Waals surface area contributed by atoms with Crippen LogP contribution in [0.2, 0.25) is 0 Å². The standard InChI is InChI=1S/C17H10F3N3/c18-17(19,20)14-3-1-2-13-15(8-9-22-16(13)14)23-12-6-4-11(10-21)5-7-12/h1-9H,(H,22,23). The van der Waals surface area contributed by atoms with E-state index in [0.717, 1.165) is 6.07 Å². The second kappa shape index (κ2) is 5.61. The summed E-state index contributed by atoms with van der Waals surface area (Å²) in [4.78, 5) is 3.87. The summed E-state index contributed by atoms with van der Waals surface area (Å²) in [5.74, 6) is 0. The number of rotatable bonds is 2. The number of fused-ring (bicyclic) bond motifs is 1. The summed E-state index contributed by atoms with van der Waals surface area (Å²) in [6.45, 7) is 0. The van der Waals surface area contributed by atoms with Gasteiger partial charge in [-0.15, -0.1) is 0 Å². The SMILES string of the molecule is N#Cc1ccc(Nc2ccnc3c(C(F)(F)F)cccc23)cc1. The van der Waals surface area contributed by atoms with Gasteiger partial charge in [0.05, 0.1) is 22.7 Å². The van der Waals surface area contributed by atoms with E-state index in [4.69, 9.17) is 5.26 Å². The van der Waals surface area contributed by atoms with E-state index < -0.39 is 11.7 Å². The third-order valence-electron chi connectivity index (χ3n) is 3.37. The Morgan fingerprint density at radius 1 is 1.00 bits per heavy atom. The molecule has 0 aliphatic heterocycles. The number of nitriles is 1. The van der Waals surface area contributed by atoms with Gasteiger partial charge in [0.15, 0.2) is 0 Å². The molecule has 23 heavy (non-hydrogen) atoms. The zero-order valence-corrected chi connectivity index (χ0v) is 11.7. The molecule has 0 atom stereocenters. The van der Waals surface area contributed by atoms with E-state index in [2.05, 4.69) is 10.3 Å². The van der Waals surface area contributed by atoms with Gasteiger partial charge in [-0.05, 0) is 36.4 Å². The molecule has 0 aliphatic rings. The number of aromatic nitrogens is 1. The van der Waals surface area contributed by atoms with Crippen LogP contribution in [-0.2, 0) is 6.18 Å². The van der Waals surface area contributed by atoms with Crippen LogP contribution in [0, 0.1) is 11.3 Å². The Hall–Kier alpha value is -3.07. The van der Waals surface area contributed by atoms with Crippen molar-refractivity contribution in [2.24, 2.45) is 0 Å². The van der Waals surface area contributed by atoms with E-state index in [1.807, 2.05) is 6.07 Å². The highest BCUT2D eigenvalue weighted by Crippen LogP contribution is 2.36. The first-order valence-electron chi connectivity index (χ1n) is 6.71. The van der Waals surface area contributed by atoms with E-state index in [-0.39, 0.29) is 5.52 Å². The van der Waals surface area contributed by atoms with E-state index in [9.17, 15) is 13.2 Å². The number of alkyl halides is 3. The number of para-hydroxylation sites is 1. The third-order valence-corrected chi connectivity index (χ3v) is 3.37. The van der Waals surface area contributed by atoms with Crippen LogP contribution in [-0.4, -0.2) is 4.98 Å². The van der Waals surface area contributed by atoms with Crippen LogP contribution < -0.4 is 5.32 Å². The molecule has 0 radical (unpaired) electrons. The maximum absolute atomic E-state index is 13.1. The fourth-order valence-corrected chi connectivity index (χ4v) is 2.30. The lowest BCUT2D eigenvalue weighted by Crippen LogP contribution is -2.06. The Morgan fingerprint density at radius 3 is 2.39 bits per heavy atom. The van der Waals surface area contributed by atoms with Crippen molar-refractivity contribution >= 4 is 22.3 Å². The van der Waals surface area contributed by atoms with Gasteiger partial charge in [-0.3, -0.25) is 4.98 Å². The average Bonchev–Trinajstić information content (AvgIpc) is 2.54. The summed E-state index contributed by atoms with van der Waals surface area (Å²) in [6.07, 6.45) is -3.12. The van der Waals surface area contributed by atoms with Gasteiger partial charge in [0.1, 0.15) is 0 Å². The topological polar surface area (TPSA) is 48.7 Å². The molecule has 0 fully saturated rings. The molecule has 1 heterocycles. The molecule has 0 unspecified atom stereocenters. The van der Waals surface area contributed by atoms with Gasteiger partial charge in [-0.2, -0.15) is 18.4 Å². The van der Waals surface area contributed by atoms with E-state index >= 15 is 0 Å². The Balaban J connectivity index is 2.06. The fraction of sp³-hybridized carbons (Fsp3) is 0.0588. The maximum atomic E-state index is 13.1. The van der Waals surface area contributed by atoms with Crippen LogP contribution in [0.4, 0.5) is 24.5 Å². The lowest BCUT2D eigenvalue weighted by atomic mass is 10.1. The van der Waals surface area contributed by atoms with Crippen molar-refractivity contribution < 1.29 is 13.2 Å². The van der Waals surface area contributed by atoms with Crippen LogP contribution in [0.3, 0.4) is 0 Å². The van der Waals surface area contributed by atoms with Crippen LogP contribution in [0.25, 0.3) is 10.9 Å². The quantitative estimate of drug-likeness (QED) is 0.734. The summed E-state index contributed by atoms with van der Waals surface area (Å²) >= 11 is 0. The van der Waals surface area contributed by atoms with Gasteiger partial charge < -0.3 is 5.32 Å². The number of nitrogens with zero attached hydrogens (tertiary/aromatic N) is 2. The molecule has 0 saturated heterocycles. The highest BCUT2D eigenvalue weighted by molar-refractivity contribution is 5.94. The number of nitrogens with one attached hydrogen (secondary N) is 1. The number of pyridine rings is 1.